The van der Waals surface area contributed by atoms with E-state index in [0.29, 0.717) is 18.4 Å². The molecule has 1 N–H and O–H groups in total. The largest absolute Gasteiger partial charge is 0.350 e. The number of hydrogen-bond donors (Lipinski definition) is 1. The zero-order valence-corrected chi connectivity index (χ0v) is 21.8. The summed E-state index contributed by atoms with van der Waals surface area (Å²) in [7, 11) is 0. The van der Waals surface area contributed by atoms with Gasteiger partial charge in [0.15, 0.2) is 0 Å². The molecule has 0 spiro atoms. The fraction of sp³-hybridized carbons (Fsp3) is 0.355. The lowest BCUT2D eigenvalue weighted by molar-refractivity contribution is -0.142. The molecule has 3 rings (SSSR count). The first-order chi connectivity index (χ1) is 17.2. The van der Waals surface area contributed by atoms with Crippen molar-refractivity contribution in [2.75, 3.05) is 0 Å². The number of benzene rings is 3. The van der Waals surface area contributed by atoms with Gasteiger partial charge in [0.2, 0.25) is 11.8 Å². The summed E-state index contributed by atoms with van der Waals surface area (Å²) in [4.78, 5) is 28.8. The van der Waals surface area contributed by atoms with Gasteiger partial charge in [-0.05, 0) is 56.4 Å². The molecule has 36 heavy (non-hydrogen) atoms. The minimum Gasteiger partial charge on any atom is -0.350 e. The molecule has 1 unspecified atom stereocenters. The van der Waals surface area contributed by atoms with Gasteiger partial charge in [0, 0.05) is 30.5 Å². The van der Waals surface area contributed by atoms with Crippen LogP contribution in [0.2, 0.25) is 0 Å². The number of carbonyl (C=O) groups is 2. The standard InChI is InChI=1S/C31H37FN2O2/c1-5-23-15-17-24(18-16-23)19-20-29(35)34(22-26-13-9-10-14-27(26)32)28(30(36)33-31(2,3)4)21-25-11-7-6-8-12-25/h6-18,28H,5,19-22H2,1-4H3,(H,33,36). The Morgan fingerprint density at radius 2 is 1.47 bits per heavy atom. The Balaban J connectivity index is 1.92. The van der Waals surface area contributed by atoms with Crippen molar-refractivity contribution < 1.29 is 14.0 Å². The minimum absolute atomic E-state index is 0.0232. The van der Waals surface area contributed by atoms with Gasteiger partial charge in [0.05, 0.1) is 0 Å². The molecule has 3 aromatic rings. The van der Waals surface area contributed by atoms with Gasteiger partial charge in [-0.1, -0.05) is 79.7 Å². The molecule has 0 heterocycles. The second-order valence-corrected chi connectivity index (χ2v) is 10.2. The zero-order valence-electron chi connectivity index (χ0n) is 21.8. The molecule has 0 radical (unpaired) electrons. The highest BCUT2D eigenvalue weighted by atomic mass is 19.1. The Morgan fingerprint density at radius 3 is 2.08 bits per heavy atom. The molecule has 3 aromatic carbocycles. The second kappa shape index (κ2) is 12.5. The first-order valence-corrected chi connectivity index (χ1v) is 12.6. The number of carbonyl (C=O) groups excluding carboxylic acids is 2. The van der Waals surface area contributed by atoms with E-state index in [2.05, 4.69) is 24.4 Å². The van der Waals surface area contributed by atoms with Crippen LogP contribution in [0, 0.1) is 5.82 Å². The molecule has 0 aromatic heterocycles. The third-order valence-corrected chi connectivity index (χ3v) is 6.13. The number of hydrogen-bond acceptors (Lipinski definition) is 2. The van der Waals surface area contributed by atoms with Crippen LogP contribution in [0.15, 0.2) is 78.9 Å². The van der Waals surface area contributed by atoms with Crippen LogP contribution in [0.4, 0.5) is 4.39 Å². The van der Waals surface area contributed by atoms with Crippen molar-refractivity contribution >= 4 is 11.8 Å². The Bertz CT molecular complexity index is 1140. The van der Waals surface area contributed by atoms with E-state index in [1.54, 1.807) is 23.1 Å². The third-order valence-electron chi connectivity index (χ3n) is 6.13. The average Bonchev–Trinajstić information content (AvgIpc) is 2.85. The Labute approximate surface area is 214 Å². The van der Waals surface area contributed by atoms with Gasteiger partial charge in [0.1, 0.15) is 11.9 Å². The fourth-order valence-corrected chi connectivity index (χ4v) is 4.15. The Kier molecular flexibility index (Phi) is 9.40. The lowest BCUT2D eigenvalue weighted by Gasteiger charge is -2.34. The van der Waals surface area contributed by atoms with Crippen molar-refractivity contribution in [3.05, 3.63) is 107 Å². The van der Waals surface area contributed by atoms with Gasteiger partial charge in [-0.3, -0.25) is 9.59 Å². The number of aryl methyl sites for hydroxylation is 2. The molecule has 0 aliphatic carbocycles. The normalized spacial score (nSPS) is 12.1. The van der Waals surface area contributed by atoms with Crippen LogP contribution >= 0.6 is 0 Å². The molecule has 0 aliphatic heterocycles. The number of nitrogens with zero attached hydrogens (tertiary/aromatic N) is 1. The van der Waals surface area contributed by atoms with Crippen molar-refractivity contribution in [1.29, 1.82) is 0 Å². The van der Waals surface area contributed by atoms with Gasteiger partial charge in [0.25, 0.3) is 0 Å². The van der Waals surface area contributed by atoms with Gasteiger partial charge in [-0.15, -0.1) is 0 Å². The van der Waals surface area contributed by atoms with Crippen LogP contribution in [-0.2, 0) is 35.4 Å². The molecule has 0 bridgehead atoms. The summed E-state index contributed by atoms with van der Waals surface area (Å²) in [6.07, 6.45) is 2.08. The monoisotopic (exact) mass is 488 g/mol. The van der Waals surface area contributed by atoms with Crippen LogP contribution in [0.3, 0.4) is 0 Å². The smallest absolute Gasteiger partial charge is 0.243 e. The highest BCUT2D eigenvalue weighted by Crippen LogP contribution is 2.19. The first kappa shape index (κ1) is 27.1. The lowest BCUT2D eigenvalue weighted by atomic mass is 9.99. The minimum atomic E-state index is -0.777. The maximum Gasteiger partial charge on any atom is 0.243 e. The first-order valence-electron chi connectivity index (χ1n) is 12.6. The van der Waals surface area contributed by atoms with Gasteiger partial charge >= 0.3 is 0 Å². The molecule has 0 fully saturated rings. The van der Waals surface area contributed by atoms with E-state index in [1.165, 1.54) is 11.6 Å². The summed E-state index contributed by atoms with van der Waals surface area (Å²) in [6, 6.07) is 23.5. The van der Waals surface area contributed by atoms with E-state index in [9.17, 15) is 14.0 Å². The van der Waals surface area contributed by atoms with Gasteiger partial charge < -0.3 is 10.2 Å². The highest BCUT2D eigenvalue weighted by molar-refractivity contribution is 5.88. The van der Waals surface area contributed by atoms with Crippen LogP contribution in [0.25, 0.3) is 0 Å². The molecule has 5 heteroatoms. The molecule has 0 saturated carbocycles. The van der Waals surface area contributed by atoms with Crippen LogP contribution in [-0.4, -0.2) is 28.3 Å². The molecular weight excluding hydrogens is 451 g/mol. The van der Waals surface area contributed by atoms with Crippen molar-refractivity contribution in [3.63, 3.8) is 0 Å². The maximum atomic E-state index is 14.7. The van der Waals surface area contributed by atoms with E-state index in [4.69, 9.17) is 0 Å². The molecular formula is C31H37FN2O2. The molecule has 4 nitrogen and oxygen atoms in total. The molecule has 190 valence electrons. The van der Waals surface area contributed by atoms with Crippen LogP contribution in [0.1, 0.15) is 56.4 Å². The number of nitrogens with one attached hydrogen (secondary N) is 1. The summed E-state index contributed by atoms with van der Waals surface area (Å²) in [5.41, 5.74) is 3.16. The topological polar surface area (TPSA) is 49.4 Å². The number of rotatable bonds is 10. The van der Waals surface area contributed by atoms with Crippen LogP contribution in [0.5, 0.6) is 0 Å². The summed E-state index contributed by atoms with van der Waals surface area (Å²) in [6.45, 7) is 7.86. The summed E-state index contributed by atoms with van der Waals surface area (Å²) < 4.78 is 14.7. The third kappa shape index (κ3) is 8.04. The summed E-state index contributed by atoms with van der Waals surface area (Å²) in [5.74, 6) is -0.814. The van der Waals surface area contributed by atoms with Crippen molar-refractivity contribution in [2.45, 2.75) is 71.5 Å². The number of amides is 2. The van der Waals surface area contributed by atoms with Crippen LogP contribution < -0.4 is 5.32 Å². The van der Waals surface area contributed by atoms with E-state index in [1.807, 2.05) is 63.2 Å². The van der Waals surface area contributed by atoms with Gasteiger partial charge in [-0.2, -0.15) is 0 Å². The molecule has 1 atom stereocenters. The molecule has 2 amide bonds. The Hall–Kier alpha value is -3.47. The maximum absolute atomic E-state index is 14.7. The fourth-order valence-electron chi connectivity index (χ4n) is 4.15. The van der Waals surface area contributed by atoms with Crippen molar-refractivity contribution in [2.24, 2.45) is 0 Å². The van der Waals surface area contributed by atoms with E-state index >= 15 is 0 Å². The average molecular weight is 489 g/mol. The summed E-state index contributed by atoms with van der Waals surface area (Å²) >= 11 is 0. The second-order valence-electron chi connectivity index (χ2n) is 10.2. The highest BCUT2D eigenvalue weighted by Gasteiger charge is 2.32. The number of halogens is 1. The van der Waals surface area contributed by atoms with E-state index < -0.39 is 11.6 Å². The molecule has 0 aliphatic rings. The predicted octanol–water partition coefficient (Wildman–Crippen LogP) is 5.88. The van der Waals surface area contributed by atoms with E-state index in [-0.39, 0.29) is 30.6 Å². The van der Waals surface area contributed by atoms with Gasteiger partial charge in [-0.25, -0.2) is 4.39 Å². The summed E-state index contributed by atoms with van der Waals surface area (Å²) in [5, 5.41) is 3.04. The lowest BCUT2D eigenvalue weighted by Crippen LogP contribution is -2.54. The van der Waals surface area contributed by atoms with Crippen molar-refractivity contribution in [3.8, 4) is 0 Å². The Morgan fingerprint density at radius 1 is 0.861 bits per heavy atom. The van der Waals surface area contributed by atoms with Crippen molar-refractivity contribution in [1.82, 2.24) is 10.2 Å². The SMILES string of the molecule is CCc1ccc(CCC(=O)N(Cc2ccccc2F)C(Cc2ccccc2)C(=O)NC(C)(C)C)cc1. The van der Waals surface area contributed by atoms with E-state index in [0.717, 1.165) is 17.5 Å². The zero-order chi connectivity index (χ0) is 26.1. The predicted molar refractivity (Wildman–Crippen MR) is 143 cm³/mol. The molecule has 0 saturated heterocycles. The quantitative estimate of drug-likeness (QED) is 0.388.